The number of hydrogen-bond acceptors (Lipinski definition) is 2. The van der Waals surface area contributed by atoms with Gasteiger partial charge in [0.05, 0.1) is 0 Å². The lowest BCUT2D eigenvalue weighted by molar-refractivity contribution is 1.32. The van der Waals surface area contributed by atoms with Gasteiger partial charge in [0, 0.05) is 15.3 Å². The Hall–Kier alpha value is -1.54. The van der Waals surface area contributed by atoms with Crippen molar-refractivity contribution >= 4 is 33.2 Å². The molecule has 0 radical (unpaired) electrons. The van der Waals surface area contributed by atoms with Crippen molar-refractivity contribution in [1.82, 2.24) is 0 Å². The predicted octanol–water partition coefficient (Wildman–Crippen LogP) is 3.61. The normalized spacial score (nSPS) is 14.1. The molecule has 3 rings (SSSR count). The molecule has 0 bridgehead atoms. The molecule has 74 valence electrons. The molecule has 2 N–H and O–H groups in total. The molecule has 1 aliphatic carbocycles. The molecule has 1 aromatic heterocycles. The number of fused-ring (bicyclic) bond motifs is 3. The van der Waals surface area contributed by atoms with Crippen LogP contribution in [0.25, 0.3) is 16.2 Å². The summed E-state index contributed by atoms with van der Waals surface area (Å²) in [6.45, 7) is 0. The van der Waals surface area contributed by atoms with Gasteiger partial charge in [-0.15, -0.1) is 11.3 Å². The second-order valence-corrected chi connectivity index (χ2v) is 4.78. The molecular weight excluding hydrogens is 202 g/mol. The number of allylic oxidation sites excluding steroid dienone is 3. The van der Waals surface area contributed by atoms with Crippen LogP contribution in [0.5, 0.6) is 0 Å². The van der Waals surface area contributed by atoms with Gasteiger partial charge < -0.3 is 5.73 Å². The fraction of sp³-hybridized carbons (Fsp3) is 0.0769. The van der Waals surface area contributed by atoms with Crippen LogP contribution in [0.3, 0.4) is 0 Å². The van der Waals surface area contributed by atoms with Gasteiger partial charge in [0.25, 0.3) is 0 Å². The highest BCUT2D eigenvalue weighted by Gasteiger charge is 2.10. The fourth-order valence-corrected chi connectivity index (χ4v) is 3.07. The Bertz CT molecular complexity index is 575. The molecule has 0 amide bonds. The first kappa shape index (κ1) is 8.74. The molecule has 0 aliphatic heterocycles. The Kier molecular flexibility index (Phi) is 1.89. The van der Waals surface area contributed by atoms with E-state index < -0.39 is 0 Å². The van der Waals surface area contributed by atoms with E-state index >= 15 is 0 Å². The van der Waals surface area contributed by atoms with Gasteiger partial charge in [0.15, 0.2) is 0 Å². The van der Waals surface area contributed by atoms with E-state index in [-0.39, 0.29) is 0 Å². The highest BCUT2D eigenvalue weighted by molar-refractivity contribution is 7.20. The van der Waals surface area contributed by atoms with E-state index in [1.807, 2.05) is 17.4 Å². The van der Waals surface area contributed by atoms with Crippen LogP contribution in [0.2, 0.25) is 0 Å². The van der Waals surface area contributed by atoms with Crippen LogP contribution in [-0.2, 0) is 6.42 Å². The second kappa shape index (κ2) is 3.24. The second-order valence-electron chi connectivity index (χ2n) is 3.69. The molecule has 1 heterocycles. The van der Waals surface area contributed by atoms with Gasteiger partial charge in [-0.2, -0.15) is 0 Å². The molecule has 2 heteroatoms. The largest absolute Gasteiger partial charge is 0.399 e. The van der Waals surface area contributed by atoms with Crippen molar-refractivity contribution in [3.05, 3.63) is 46.9 Å². The third-order valence-corrected chi connectivity index (χ3v) is 3.84. The monoisotopic (exact) mass is 213 g/mol. The number of nitrogens with two attached hydrogens (primary N) is 1. The van der Waals surface area contributed by atoms with E-state index in [9.17, 15) is 0 Å². The Morgan fingerprint density at radius 1 is 1.20 bits per heavy atom. The fourth-order valence-electron chi connectivity index (χ4n) is 1.94. The Morgan fingerprint density at radius 3 is 3.07 bits per heavy atom. The Morgan fingerprint density at radius 2 is 2.13 bits per heavy atom. The minimum absolute atomic E-state index is 0.848. The number of rotatable bonds is 0. The third kappa shape index (κ3) is 1.38. The van der Waals surface area contributed by atoms with Gasteiger partial charge in [-0.1, -0.05) is 18.2 Å². The number of anilines is 1. The molecule has 1 aliphatic rings. The zero-order valence-corrected chi connectivity index (χ0v) is 9.05. The number of hydrogen-bond donors (Lipinski definition) is 1. The standard InChI is InChI=1S/C13H11NS/c14-9-6-7-13-11(8-9)10-4-2-1-3-5-12(10)15-13/h1-3,5-8H,4,14H2. The maximum atomic E-state index is 5.82. The van der Waals surface area contributed by atoms with Gasteiger partial charge in [-0.25, -0.2) is 0 Å². The molecule has 0 fully saturated rings. The summed E-state index contributed by atoms with van der Waals surface area (Å²) in [6, 6.07) is 6.16. The third-order valence-electron chi connectivity index (χ3n) is 2.66. The van der Waals surface area contributed by atoms with E-state index in [1.165, 1.54) is 20.5 Å². The van der Waals surface area contributed by atoms with Gasteiger partial charge in [-0.3, -0.25) is 0 Å². The maximum Gasteiger partial charge on any atom is 0.0353 e. The van der Waals surface area contributed by atoms with E-state index in [4.69, 9.17) is 5.73 Å². The quantitative estimate of drug-likeness (QED) is 0.665. The summed E-state index contributed by atoms with van der Waals surface area (Å²) in [4.78, 5) is 1.36. The van der Waals surface area contributed by atoms with Crippen molar-refractivity contribution in [2.24, 2.45) is 0 Å². The summed E-state index contributed by atoms with van der Waals surface area (Å²) in [5.41, 5.74) is 8.08. The van der Waals surface area contributed by atoms with Crippen LogP contribution in [0.1, 0.15) is 10.4 Å². The number of benzene rings is 1. The summed E-state index contributed by atoms with van der Waals surface area (Å²) in [5, 5.41) is 1.31. The number of nitrogen functional groups attached to an aromatic ring is 1. The van der Waals surface area contributed by atoms with E-state index in [2.05, 4.69) is 36.4 Å². The summed E-state index contributed by atoms with van der Waals surface area (Å²) in [5.74, 6) is 0. The zero-order valence-electron chi connectivity index (χ0n) is 8.23. The molecule has 0 saturated carbocycles. The molecule has 15 heavy (non-hydrogen) atoms. The van der Waals surface area contributed by atoms with Crippen molar-refractivity contribution < 1.29 is 0 Å². The molecule has 1 aromatic carbocycles. The first-order chi connectivity index (χ1) is 7.34. The van der Waals surface area contributed by atoms with Crippen molar-refractivity contribution in [3.8, 4) is 0 Å². The Labute approximate surface area is 92.5 Å². The van der Waals surface area contributed by atoms with Crippen molar-refractivity contribution in [3.63, 3.8) is 0 Å². The van der Waals surface area contributed by atoms with Gasteiger partial charge >= 0.3 is 0 Å². The molecule has 0 spiro atoms. The average Bonchev–Trinajstić information content (AvgIpc) is 2.44. The summed E-state index contributed by atoms with van der Waals surface area (Å²) < 4.78 is 1.33. The zero-order chi connectivity index (χ0) is 10.3. The SMILES string of the molecule is Nc1ccc2sc3c(c2c1)CC=CC=C3. The molecule has 1 nitrogen and oxygen atoms in total. The lowest BCUT2D eigenvalue weighted by atomic mass is 10.1. The lowest BCUT2D eigenvalue weighted by Crippen LogP contribution is -1.84. The minimum atomic E-state index is 0.848. The number of thiophene rings is 1. The van der Waals surface area contributed by atoms with E-state index in [1.54, 1.807) is 0 Å². The summed E-state index contributed by atoms with van der Waals surface area (Å²) in [6.07, 6.45) is 9.58. The molecule has 2 aromatic rings. The predicted molar refractivity (Wildman–Crippen MR) is 68.1 cm³/mol. The maximum absolute atomic E-state index is 5.82. The average molecular weight is 213 g/mol. The van der Waals surface area contributed by atoms with Crippen molar-refractivity contribution in [1.29, 1.82) is 0 Å². The van der Waals surface area contributed by atoms with Crippen LogP contribution in [0, 0.1) is 0 Å². The van der Waals surface area contributed by atoms with Gasteiger partial charge in [0.1, 0.15) is 0 Å². The van der Waals surface area contributed by atoms with Crippen molar-refractivity contribution in [2.45, 2.75) is 6.42 Å². The Balaban J connectivity index is 2.35. The highest BCUT2D eigenvalue weighted by Crippen LogP contribution is 2.34. The molecule has 0 saturated heterocycles. The van der Waals surface area contributed by atoms with Crippen LogP contribution >= 0.6 is 11.3 Å². The van der Waals surface area contributed by atoms with E-state index in [0.29, 0.717) is 0 Å². The summed E-state index contributed by atoms with van der Waals surface area (Å²) in [7, 11) is 0. The summed E-state index contributed by atoms with van der Waals surface area (Å²) >= 11 is 1.84. The topological polar surface area (TPSA) is 26.0 Å². The van der Waals surface area contributed by atoms with Crippen LogP contribution in [0.4, 0.5) is 5.69 Å². The lowest BCUT2D eigenvalue weighted by Gasteiger charge is -1.97. The molecular formula is C13H11NS. The van der Waals surface area contributed by atoms with Gasteiger partial charge in [0.2, 0.25) is 0 Å². The van der Waals surface area contributed by atoms with Crippen LogP contribution < -0.4 is 5.73 Å². The smallest absolute Gasteiger partial charge is 0.0353 e. The first-order valence-electron chi connectivity index (χ1n) is 4.99. The highest BCUT2D eigenvalue weighted by atomic mass is 32.1. The molecule has 0 unspecified atom stereocenters. The van der Waals surface area contributed by atoms with Crippen molar-refractivity contribution in [2.75, 3.05) is 5.73 Å². The first-order valence-corrected chi connectivity index (χ1v) is 5.80. The van der Waals surface area contributed by atoms with Crippen LogP contribution in [0.15, 0.2) is 36.4 Å². The van der Waals surface area contributed by atoms with E-state index in [0.717, 1.165) is 12.1 Å². The molecule has 0 atom stereocenters. The van der Waals surface area contributed by atoms with Gasteiger partial charge in [-0.05, 0) is 41.6 Å². The van der Waals surface area contributed by atoms with Crippen LogP contribution in [-0.4, -0.2) is 0 Å². The minimum Gasteiger partial charge on any atom is -0.399 e.